The number of piperazine rings is 1. The van der Waals surface area contributed by atoms with Gasteiger partial charge in [0.1, 0.15) is 0 Å². The van der Waals surface area contributed by atoms with Crippen molar-refractivity contribution in [3.63, 3.8) is 0 Å². The molecule has 0 aromatic heterocycles. The molecule has 1 heterocycles. The van der Waals surface area contributed by atoms with Crippen molar-refractivity contribution in [3.8, 4) is 0 Å². The smallest absolute Gasteiger partial charge is 0.253 e. The molecule has 1 aromatic carbocycles. The Balaban J connectivity index is 2.00. The third-order valence-electron chi connectivity index (χ3n) is 3.83. The molecular formula is C15H24N4O. The molecule has 0 spiro atoms. The van der Waals surface area contributed by atoms with Crippen molar-refractivity contribution >= 4 is 11.6 Å². The molecule has 0 radical (unpaired) electrons. The molecule has 1 aliphatic heterocycles. The van der Waals surface area contributed by atoms with Crippen LogP contribution in [0.4, 0.5) is 5.69 Å². The normalized spacial score (nSPS) is 16.2. The molecule has 1 amide bonds. The minimum atomic E-state index is 0.118. The highest BCUT2D eigenvalue weighted by Gasteiger charge is 2.21. The number of nitrogen functional groups attached to an aromatic ring is 1. The van der Waals surface area contributed by atoms with Gasteiger partial charge in [0.05, 0.1) is 5.69 Å². The number of rotatable bonds is 4. The van der Waals surface area contributed by atoms with Crippen LogP contribution in [0, 0.1) is 6.92 Å². The number of hydrogen-bond donors (Lipinski definition) is 2. The Morgan fingerprint density at radius 3 is 2.55 bits per heavy atom. The summed E-state index contributed by atoms with van der Waals surface area (Å²) in [6.45, 7) is 8.84. The number of nitrogens with zero attached hydrogens (tertiary/aromatic N) is 2. The van der Waals surface area contributed by atoms with E-state index in [1.165, 1.54) is 6.42 Å². The fourth-order valence-corrected chi connectivity index (χ4v) is 2.63. The predicted molar refractivity (Wildman–Crippen MR) is 81.6 cm³/mol. The molecule has 5 heteroatoms. The first-order chi connectivity index (χ1) is 9.65. The zero-order valence-corrected chi connectivity index (χ0v) is 12.4. The first-order valence-electron chi connectivity index (χ1n) is 7.24. The molecule has 20 heavy (non-hydrogen) atoms. The van der Waals surface area contributed by atoms with Crippen molar-refractivity contribution in [2.24, 2.45) is 5.84 Å². The summed E-state index contributed by atoms with van der Waals surface area (Å²) in [6, 6.07) is 5.59. The average Bonchev–Trinajstić information content (AvgIpc) is 2.47. The van der Waals surface area contributed by atoms with Crippen LogP contribution in [0.1, 0.15) is 29.3 Å². The molecule has 0 aliphatic carbocycles. The maximum Gasteiger partial charge on any atom is 0.253 e. The molecule has 2 rings (SSSR count). The SMILES string of the molecule is CCCN1CCN(C(=O)c2ccc(NN)c(C)c2)CC1. The molecule has 0 bridgehead atoms. The summed E-state index contributed by atoms with van der Waals surface area (Å²) in [4.78, 5) is 16.8. The molecule has 110 valence electrons. The Hall–Kier alpha value is -1.59. The lowest BCUT2D eigenvalue weighted by Crippen LogP contribution is -2.48. The quantitative estimate of drug-likeness (QED) is 0.645. The zero-order valence-electron chi connectivity index (χ0n) is 12.4. The van der Waals surface area contributed by atoms with Crippen molar-refractivity contribution < 1.29 is 4.79 Å². The first kappa shape index (κ1) is 14.8. The lowest BCUT2D eigenvalue weighted by atomic mass is 10.1. The summed E-state index contributed by atoms with van der Waals surface area (Å²) in [7, 11) is 0. The number of nitrogens with two attached hydrogens (primary N) is 1. The van der Waals surface area contributed by atoms with Gasteiger partial charge in [-0.3, -0.25) is 15.5 Å². The lowest BCUT2D eigenvalue weighted by Gasteiger charge is -2.34. The Morgan fingerprint density at radius 1 is 1.30 bits per heavy atom. The van der Waals surface area contributed by atoms with Crippen LogP contribution in [0.3, 0.4) is 0 Å². The van der Waals surface area contributed by atoms with Crippen LogP contribution in [-0.4, -0.2) is 48.4 Å². The van der Waals surface area contributed by atoms with E-state index in [0.29, 0.717) is 0 Å². The van der Waals surface area contributed by atoms with Gasteiger partial charge in [-0.25, -0.2) is 0 Å². The third kappa shape index (κ3) is 3.29. The topological polar surface area (TPSA) is 61.6 Å². The van der Waals surface area contributed by atoms with E-state index in [1.807, 2.05) is 30.0 Å². The van der Waals surface area contributed by atoms with Gasteiger partial charge in [-0.05, 0) is 43.7 Å². The van der Waals surface area contributed by atoms with Gasteiger partial charge < -0.3 is 10.3 Å². The van der Waals surface area contributed by atoms with Gasteiger partial charge in [-0.15, -0.1) is 0 Å². The fraction of sp³-hybridized carbons (Fsp3) is 0.533. The molecule has 1 fully saturated rings. The minimum absolute atomic E-state index is 0.118. The second kappa shape index (κ2) is 6.72. The number of nitrogens with one attached hydrogen (secondary N) is 1. The average molecular weight is 276 g/mol. The van der Waals surface area contributed by atoms with E-state index in [4.69, 9.17) is 5.84 Å². The van der Waals surface area contributed by atoms with Gasteiger partial charge in [-0.2, -0.15) is 0 Å². The van der Waals surface area contributed by atoms with Crippen molar-refractivity contribution in [3.05, 3.63) is 29.3 Å². The molecule has 1 aliphatic rings. The fourth-order valence-electron chi connectivity index (χ4n) is 2.63. The summed E-state index contributed by atoms with van der Waals surface area (Å²) in [6.07, 6.45) is 1.17. The maximum absolute atomic E-state index is 12.5. The van der Waals surface area contributed by atoms with E-state index in [2.05, 4.69) is 17.2 Å². The summed E-state index contributed by atoms with van der Waals surface area (Å²) >= 11 is 0. The Labute approximate surface area is 120 Å². The molecule has 0 saturated carbocycles. The van der Waals surface area contributed by atoms with Crippen LogP contribution in [0.5, 0.6) is 0 Å². The van der Waals surface area contributed by atoms with E-state index in [1.54, 1.807) is 0 Å². The van der Waals surface area contributed by atoms with Crippen LogP contribution in [0.25, 0.3) is 0 Å². The number of anilines is 1. The van der Waals surface area contributed by atoms with Crippen molar-refractivity contribution in [2.45, 2.75) is 20.3 Å². The maximum atomic E-state index is 12.5. The van der Waals surface area contributed by atoms with E-state index in [-0.39, 0.29) is 5.91 Å². The summed E-state index contributed by atoms with van der Waals surface area (Å²) in [5.41, 5.74) is 5.22. The molecule has 0 atom stereocenters. The summed E-state index contributed by atoms with van der Waals surface area (Å²) in [5, 5.41) is 0. The van der Waals surface area contributed by atoms with Gasteiger partial charge in [0.2, 0.25) is 0 Å². The molecule has 0 unspecified atom stereocenters. The van der Waals surface area contributed by atoms with Gasteiger partial charge in [0.25, 0.3) is 5.91 Å². The van der Waals surface area contributed by atoms with Crippen molar-refractivity contribution in [1.82, 2.24) is 9.80 Å². The second-order valence-corrected chi connectivity index (χ2v) is 5.31. The van der Waals surface area contributed by atoms with E-state index >= 15 is 0 Å². The molecular weight excluding hydrogens is 252 g/mol. The third-order valence-corrected chi connectivity index (χ3v) is 3.83. The monoisotopic (exact) mass is 276 g/mol. The number of hydrogen-bond acceptors (Lipinski definition) is 4. The highest BCUT2D eigenvalue weighted by atomic mass is 16.2. The minimum Gasteiger partial charge on any atom is -0.336 e. The van der Waals surface area contributed by atoms with E-state index < -0.39 is 0 Å². The van der Waals surface area contributed by atoms with Crippen LogP contribution in [-0.2, 0) is 0 Å². The van der Waals surface area contributed by atoms with E-state index in [9.17, 15) is 4.79 Å². The van der Waals surface area contributed by atoms with Crippen LogP contribution in [0.2, 0.25) is 0 Å². The van der Waals surface area contributed by atoms with E-state index in [0.717, 1.165) is 49.5 Å². The molecule has 1 aromatic rings. The number of hydrazine groups is 1. The van der Waals surface area contributed by atoms with Crippen LogP contribution >= 0.6 is 0 Å². The van der Waals surface area contributed by atoms with Gasteiger partial charge in [-0.1, -0.05) is 6.92 Å². The number of benzene rings is 1. The summed E-state index contributed by atoms with van der Waals surface area (Å²) in [5.74, 6) is 5.53. The standard InChI is InChI=1S/C15H24N4O/c1-3-6-18-7-9-19(10-8-18)15(20)13-4-5-14(17-16)12(2)11-13/h4-5,11,17H,3,6-10,16H2,1-2H3. The number of amides is 1. The van der Waals surface area contributed by atoms with Crippen LogP contribution < -0.4 is 11.3 Å². The van der Waals surface area contributed by atoms with Crippen molar-refractivity contribution in [2.75, 3.05) is 38.1 Å². The highest BCUT2D eigenvalue weighted by Crippen LogP contribution is 2.17. The first-order valence-corrected chi connectivity index (χ1v) is 7.24. The van der Waals surface area contributed by atoms with Crippen LogP contribution in [0.15, 0.2) is 18.2 Å². The second-order valence-electron chi connectivity index (χ2n) is 5.31. The van der Waals surface area contributed by atoms with Gasteiger partial charge in [0.15, 0.2) is 0 Å². The summed E-state index contributed by atoms with van der Waals surface area (Å²) < 4.78 is 0. The van der Waals surface area contributed by atoms with Gasteiger partial charge in [0, 0.05) is 31.7 Å². The number of carbonyl (C=O) groups is 1. The number of aryl methyl sites for hydroxylation is 1. The lowest BCUT2D eigenvalue weighted by molar-refractivity contribution is 0.0637. The Morgan fingerprint density at radius 2 is 2.00 bits per heavy atom. The highest BCUT2D eigenvalue weighted by molar-refractivity contribution is 5.95. The van der Waals surface area contributed by atoms with Gasteiger partial charge >= 0.3 is 0 Å². The largest absolute Gasteiger partial charge is 0.336 e. The Kier molecular flexibility index (Phi) is 4.98. The predicted octanol–water partition coefficient (Wildman–Crippen LogP) is 1.45. The molecule has 5 nitrogen and oxygen atoms in total. The Bertz CT molecular complexity index is 467. The molecule has 1 saturated heterocycles. The molecule has 3 N–H and O–H groups in total. The van der Waals surface area contributed by atoms with Crippen molar-refractivity contribution in [1.29, 1.82) is 0 Å². The number of carbonyl (C=O) groups excluding carboxylic acids is 1. The zero-order chi connectivity index (χ0) is 14.5.